The van der Waals surface area contributed by atoms with Gasteiger partial charge in [-0.15, -0.1) is 0 Å². The van der Waals surface area contributed by atoms with Gasteiger partial charge in [-0.2, -0.15) is 5.10 Å². The molecule has 0 aliphatic carbocycles. The molecule has 0 atom stereocenters. The van der Waals surface area contributed by atoms with Crippen molar-refractivity contribution in [2.24, 2.45) is 0 Å². The predicted octanol–water partition coefficient (Wildman–Crippen LogP) is 3.46. The SMILES string of the molecule is CCCNc1ncnc(Oc2cnn(CCC)c2)c1Br. The van der Waals surface area contributed by atoms with E-state index < -0.39 is 0 Å². The fourth-order valence-corrected chi connectivity index (χ4v) is 2.08. The molecule has 2 rings (SSSR count). The fourth-order valence-electron chi connectivity index (χ4n) is 1.65. The van der Waals surface area contributed by atoms with Crippen LogP contribution in [0.2, 0.25) is 0 Å². The van der Waals surface area contributed by atoms with Crippen LogP contribution < -0.4 is 10.1 Å². The Bertz CT molecular complexity index is 557. The van der Waals surface area contributed by atoms with Crippen LogP contribution in [0.1, 0.15) is 26.7 Å². The summed E-state index contributed by atoms with van der Waals surface area (Å²) in [4.78, 5) is 8.32. The van der Waals surface area contributed by atoms with Crippen LogP contribution in [0.15, 0.2) is 23.2 Å². The van der Waals surface area contributed by atoms with E-state index in [9.17, 15) is 0 Å². The summed E-state index contributed by atoms with van der Waals surface area (Å²) in [5.41, 5.74) is 0. The van der Waals surface area contributed by atoms with Gasteiger partial charge in [-0.1, -0.05) is 13.8 Å². The number of hydrogen-bond acceptors (Lipinski definition) is 5. The molecule has 108 valence electrons. The van der Waals surface area contributed by atoms with Gasteiger partial charge in [-0.05, 0) is 28.8 Å². The highest BCUT2D eigenvalue weighted by Crippen LogP contribution is 2.31. The molecule has 1 N–H and O–H groups in total. The van der Waals surface area contributed by atoms with Crippen LogP contribution in [-0.2, 0) is 6.54 Å². The van der Waals surface area contributed by atoms with Gasteiger partial charge < -0.3 is 10.1 Å². The number of nitrogens with zero attached hydrogens (tertiary/aromatic N) is 4. The number of nitrogens with one attached hydrogen (secondary N) is 1. The quantitative estimate of drug-likeness (QED) is 0.836. The lowest BCUT2D eigenvalue weighted by Gasteiger charge is -2.09. The Morgan fingerprint density at radius 3 is 2.90 bits per heavy atom. The van der Waals surface area contributed by atoms with Crippen molar-refractivity contribution in [3.8, 4) is 11.6 Å². The van der Waals surface area contributed by atoms with E-state index in [1.807, 2.05) is 10.9 Å². The average Bonchev–Trinajstić information content (AvgIpc) is 2.88. The van der Waals surface area contributed by atoms with E-state index in [4.69, 9.17) is 4.74 Å². The summed E-state index contributed by atoms with van der Waals surface area (Å²) in [6.07, 6.45) is 7.08. The maximum Gasteiger partial charge on any atom is 0.239 e. The standard InChI is InChI=1S/C13H18BrN5O/c1-3-5-15-12-11(14)13(17-9-16-12)20-10-7-18-19(8-10)6-4-2/h7-9H,3-6H2,1-2H3,(H,15,16,17). The first-order valence-electron chi connectivity index (χ1n) is 6.69. The lowest BCUT2D eigenvalue weighted by Crippen LogP contribution is -2.04. The lowest BCUT2D eigenvalue weighted by molar-refractivity contribution is 0.457. The number of halogens is 1. The Balaban J connectivity index is 2.11. The summed E-state index contributed by atoms with van der Waals surface area (Å²) in [6, 6.07) is 0. The monoisotopic (exact) mass is 339 g/mol. The molecular weight excluding hydrogens is 322 g/mol. The van der Waals surface area contributed by atoms with Crippen LogP contribution in [0.5, 0.6) is 11.6 Å². The number of aryl methyl sites for hydroxylation is 1. The molecule has 6 nitrogen and oxygen atoms in total. The molecule has 0 amide bonds. The van der Waals surface area contributed by atoms with E-state index in [-0.39, 0.29) is 0 Å². The van der Waals surface area contributed by atoms with Gasteiger partial charge in [0.25, 0.3) is 0 Å². The zero-order valence-electron chi connectivity index (χ0n) is 11.6. The summed E-state index contributed by atoms with van der Waals surface area (Å²) in [7, 11) is 0. The third-order valence-corrected chi connectivity index (χ3v) is 3.29. The van der Waals surface area contributed by atoms with Crippen LogP contribution in [-0.4, -0.2) is 26.3 Å². The minimum absolute atomic E-state index is 0.481. The molecule has 2 aromatic rings. The van der Waals surface area contributed by atoms with Crippen molar-refractivity contribution >= 4 is 21.7 Å². The van der Waals surface area contributed by atoms with Gasteiger partial charge in [0.05, 0.1) is 12.4 Å². The smallest absolute Gasteiger partial charge is 0.239 e. The van der Waals surface area contributed by atoms with Crippen molar-refractivity contribution in [2.75, 3.05) is 11.9 Å². The lowest BCUT2D eigenvalue weighted by atomic mass is 10.4. The number of anilines is 1. The molecule has 0 saturated heterocycles. The van der Waals surface area contributed by atoms with Crippen molar-refractivity contribution in [2.45, 2.75) is 33.2 Å². The molecule has 0 spiro atoms. The van der Waals surface area contributed by atoms with Gasteiger partial charge in [-0.25, -0.2) is 9.97 Å². The van der Waals surface area contributed by atoms with Crippen molar-refractivity contribution in [3.05, 3.63) is 23.2 Å². The molecule has 2 heterocycles. The van der Waals surface area contributed by atoms with E-state index in [0.29, 0.717) is 11.6 Å². The van der Waals surface area contributed by atoms with Crippen molar-refractivity contribution in [3.63, 3.8) is 0 Å². The van der Waals surface area contributed by atoms with Crippen LogP contribution in [0.4, 0.5) is 5.82 Å². The van der Waals surface area contributed by atoms with E-state index in [2.05, 4.69) is 50.2 Å². The Kier molecular flexibility index (Phi) is 5.34. The molecule has 2 aromatic heterocycles. The van der Waals surface area contributed by atoms with Gasteiger partial charge in [0.1, 0.15) is 16.6 Å². The zero-order chi connectivity index (χ0) is 14.4. The molecule has 0 fully saturated rings. The van der Waals surface area contributed by atoms with E-state index >= 15 is 0 Å². The maximum atomic E-state index is 5.74. The van der Waals surface area contributed by atoms with Crippen molar-refractivity contribution < 1.29 is 4.74 Å². The number of ether oxygens (including phenoxy) is 1. The van der Waals surface area contributed by atoms with Crippen LogP contribution in [0.25, 0.3) is 0 Å². The van der Waals surface area contributed by atoms with E-state index in [1.54, 1.807) is 6.20 Å². The summed E-state index contributed by atoms with van der Waals surface area (Å²) >= 11 is 3.47. The van der Waals surface area contributed by atoms with Gasteiger partial charge >= 0.3 is 0 Å². The highest BCUT2D eigenvalue weighted by molar-refractivity contribution is 9.10. The highest BCUT2D eigenvalue weighted by atomic mass is 79.9. The Morgan fingerprint density at radius 2 is 2.15 bits per heavy atom. The molecular formula is C13H18BrN5O. The minimum Gasteiger partial charge on any atom is -0.434 e. The molecule has 0 aliphatic rings. The Morgan fingerprint density at radius 1 is 1.30 bits per heavy atom. The average molecular weight is 340 g/mol. The van der Waals surface area contributed by atoms with Crippen LogP contribution in [0, 0.1) is 0 Å². The normalized spacial score (nSPS) is 10.6. The Labute approximate surface area is 126 Å². The summed E-state index contributed by atoms with van der Waals surface area (Å²) < 4.78 is 8.30. The van der Waals surface area contributed by atoms with Crippen molar-refractivity contribution in [1.82, 2.24) is 19.7 Å². The minimum atomic E-state index is 0.481. The molecule has 0 radical (unpaired) electrons. The number of rotatable bonds is 7. The second kappa shape index (κ2) is 7.23. The first-order chi connectivity index (χ1) is 9.74. The van der Waals surface area contributed by atoms with Gasteiger partial charge in [-0.3, -0.25) is 4.68 Å². The molecule has 0 aliphatic heterocycles. The second-order valence-corrected chi connectivity index (χ2v) is 5.10. The van der Waals surface area contributed by atoms with Crippen molar-refractivity contribution in [1.29, 1.82) is 0 Å². The Hall–Kier alpha value is -1.63. The molecule has 0 saturated carbocycles. The second-order valence-electron chi connectivity index (χ2n) is 4.31. The number of hydrogen-bond donors (Lipinski definition) is 1. The molecule has 0 unspecified atom stereocenters. The molecule has 0 bridgehead atoms. The molecule has 0 aromatic carbocycles. The summed E-state index contributed by atoms with van der Waals surface area (Å²) in [6.45, 7) is 5.93. The fraction of sp³-hybridized carbons (Fsp3) is 0.462. The van der Waals surface area contributed by atoms with E-state index in [1.165, 1.54) is 6.33 Å². The summed E-state index contributed by atoms with van der Waals surface area (Å²) in [5, 5.41) is 7.44. The van der Waals surface area contributed by atoms with Gasteiger partial charge in [0.15, 0.2) is 5.75 Å². The number of aromatic nitrogens is 4. The third kappa shape index (κ3) is 3.69. The van der Waals surface area contributed by atoms with E-state index in [0.717, 1.165) is 36.2 Å². The maximum absolute atomic E-state index is 5.74. The molecule has 20 heavy (non-hydrogen) atoms. The molecule has 7 heteroatoms. The third-order valence-electron chi connectivity index (χ3n) is 2.58. The van der Waals surface area contributed by atoms with Gasteiger partial charge in [0, 0.05) is 13.1 Å². The topological polar surface area (TPSA) is 64.9 Å². The highest BCUT2D eigenvalue weighted by Gasteiger charge is 2.11. The van der Waals surface area contributed by atoms with Gasteiger partial charge in [0.2, 0.25) is 5.88 Å². The van der Waals surface area contributed by atoms with Crippen LogP contribution in [0.3, 0.4) is 0 Å². The first-order valence-corrected chi connectivity index (χ1v) is 7.48. The van der Waals surface area contributed by atoms with Crippen LogP contribution >= 0.6 is 15.9 Å². The first kappa shape index (κ1) is 14.8. The largest absolute Gasteiger partial charge is 0.434 e. The zero-order valence-corrected chi connectivity index (χ0v) is 13.2. The summed E-state index contributed by atoms with van der Waals surface area (Å²) in [5.74, 6) is 1.88. The predicted molar refractivity (Wildman–Crippen MR) is 81.1 cm³/mol.